The zero-order chi connectivity index (χ0) is 26.9. The molecule has 4 rings (SSSR count). The van der Waals surface area contributed by atoms with E-state index in [4.69, 9.17) is 14.2 Å². The number of rotatable bonds is 4. The number of hydrogen-bond acceptors (Lipinski definition) is 9. The van der Waals surface area contributed by atoms with Gasteiger partial charge < -0.3 is 29.5 Å². The molecule has 4 fully saturated rings. The number of carbonyl (C=O) groups excluding carboxylic acids is 2. The van der Waals surface area contributed by atoms with Crippen molar-refractivity contribution in [1.82, 2.24) is 4.90 Å². The summed E-state index contributed by atoms with van der Waals surface area (Å²) in [7, 11) is 0. The maximum atomic E-state index is 13.8. The van der Waals surface area contributed by atoms with E-state index in [0.717, 1.165) is 0 Å². The fraction of sp³-hybridized carbons (Fsp3) is 0.852. The van der Waals surface area contributed by atoms with Crippen LogP contribution in [0.1, 0.15) is 60.8 Å². The van der Waals surface area contributed by atoms with Gasteiger partial charge in [-0.15, -0.1) is 19.0 Å². The molecule has 2 heterocycles. The Balaban J connectivity index is 0.00000380. The Morgan fingerprint density at radius 3 is 2.35 bits per heavy atom. The number of fused-ring (bicyclic) bond motifs is 3. The second-order valence-electron chi connectivity index (χ2n) is 12.5. The molecule has 2 saturated carbocycles. The molecular weight excluding hydrogens is 502 g/mol. The van der Waals surface area contributed by atoms with Crippen LogP contribution in [0.2, 0.25) is 0 Å². The number of ether oxygens (including phenoxy) is 3. The van der Waals surface area contributed by atoms with E-state index >= 15 is 0 Å². The number of Topliss-reactive ketones (excluding diaryl/α,β-unsaturated/α-hetero) is 1. The predicted octanol–water partition coefficient (Wildman–Crippen LogP) is 1.64. The van der Waals surface area contributed by atoms with E-state index in [1.807, 2.05) is 18.7 Å². The summed E-state index contributed by atoms with van der Waals surface area (Å²) in [6, 6.07) is -0.579. The Morgan fingerprint density at radius 1 is 1.19 bits per heavy atom. The lowest BCUT2D eigenvalue weighted by Crippen LogP contribution is -2.86. The summed E-state index contributed by atoms with van der Waals surface area (Å²) in [4.78, 5) is 29.2. The van der Waals surface area contributed by atoms with E-state index in [9.17, 15) is 24.9 Å². The number of ketones is 1. The van der Waals surface area contributed by atoms with Gasteiger partial charge in [-0.25, -0.2) is 0 Å². The maximum Gasteiger partial charge on any atom is 0.323 e. The largest absolute Gasteiger partial charge is 0.458 e. The van der Waals surface area contributed by atoms with Crippen LogP contribution in [0, 0.1) is 16.7 Å². The molecule has 5 unspecified atom stereocenters. The molecule has 2 aliphatic carbocycles. The standard InChI is InChI=1S/C27H43NO8.ClH/c1-8-24(5)15-18(30)27(33)25(6)17(29)9-10-23(3,4)20(25)19(21(31)26(27,7)36-24)35-22(32)16(2)28-11-13-34-14-12-28;/h8,16-17,19-21,29,31,33H,1,9-15H2,2-7H3;1H/t16?,17-,19?,20?,21?,24-,25?,26+,27-;/m0./s1. The zero-order valence-corrected chi connectivity index (χ0v) is 23.7. The Morgan fingerprint density at radius 2 is 1.78 bits per heavy atom. The summed E-state index contributed by atoms with van der Waals surface area (Å²) in [6.07, 6.45) is -1.48. The molecule has 0 bridgehead atoms. The minimum atomic E-state index is -2.22. The number of nitrogens with zero attached hydrogens (tertiary/aromatic N) is 1. The Bertz CT molecular complexity index is 924. The van der Waals surface area contributed by atoms with Crippen molar-refractivity contribution < 1.29 is 39.1 Å². The van der Waals surface area contributed by atoms with Crippen LogP contribution in [-0.4, -0.2) is 99.4 Å². The summed E-state index contributed by atoms with van der Waals surface area (Å²) in [5.41, 5.74) is -7.25. The van der Waals surface area contributed by atoms with Crippen molar-refractivity contribution >= 4 is 24.2 Å². The van der Waals surface area contributed by atoms with Crippen LogP contribution in [-0.2, 0) is 23.8 Å². The molecule has 37 heavy (non-hydrogen) atoms. The third kappa shape index (κ3) is 4.20. The quantitative estimate of drug-likeness (QED) is 0.357. The van der Waals surface area contributed by atoms with Crippen molar-refractivity contribution in [2.24, 2.45) is 16.7 Å². The lowest BCUT2D eigenvalue weighted by molar-refractivity contribution is -0.370. The van der Waals surface area contributed by atoms with Gasteiger partial charge in [0.05, 0.1) is 24.9 Å². The molecule has 0 aromatic rings. The smallest absolute Gasteiger partial charge is 0.323 e. The van der Waals surface area contributed by atoms with E-state index < -0.39 is 69.7 Å². The first-order valence-electron chi connectivity index (χ1n) is 13.1. The van der Waals surface area contributed by atoms with Crippen LogP contribution in [0.4, 0.5) is 0 Å². The number of morpholine rings is 1. The molecule has 9 atom stereocenters. The van der Waals surface area contributed by atoms with Gasteiger partial charge in [-0.05, 0) is 39.0 Å². The van der Waals surface area contributed by atoms with Crippen LogP contribution >= 0.6 is 12.4 Å². The van der Waals surface area contributed by atoms with Crippen molar-refractivity contribution in [2.75, 3.05) is 26.3 Å². The van der Waals surface area contributed by atoms with Crippen LogP contribution in [0.25, 0.3) is 0 Å². The predicted molar refractivity (Wildman–Crippen MR) is 138 cm³/mol. The number of esters is 1. The maximum absolute atomic E-state index is 13.8. The molecule has 0 aromatic carbocycles. The summed E-state index contributed by atoms with van der Waals surface area (Å²) in [5, 5.41) is 35.7. The van der Waals surface area contributed by atoms with E-state index in [-0.39, 0.29) is 18.8 Å². The first-order valence-corrected chi connectivity index (χ1v) is 13.1. The van der Waals surface area contributed by atoms with Crippen molar-refractivity contribution in [3.63, 3.8) is 0 Å². The number of hydrogen-bond donors (Lipinski definition) is 3. The second kappa shape index (κ2) is 9.84. The molecule has 0 amide bonds. The topological polar surface area (TPSA) is 126 Å². The van der Waals surface area contributed by atoms with Crippen LogP contribution in [0.3, 0.4) is 0 Å². The van der Waals surface area contributed by atoms with Gasteiger partial charge in [0.15, 0.2) is 11.4 Å². The fourth-order valence-electron chi connectivity index (χ4n) is 7.75. The van der Waals surface area contributed by atoms with E-state index in [0.29, 0.717) is 39.1 Å². The second-order valence-corrected chi connectivity index (χ2v) is 12.5. The molecule has 3 N–H and O–H groups in total. The Labute approximate surface area is 225 Å². The SMILES string of the molecule is C=C[C@@]1(C)CC(=O)[C@]2(O)C3(C)C(C(OC(=O)C(C)N4CCOCC4)C(O)[C@@]2(C)O1)C(C)(C)CC[C@@H]3O.Cl. The minimum absolute atomic E-state index is 0. The normalized spacial score (nSPS) is 46.6. The van der Waals surface area contributed by atoms with Crippen molar-refractivity contribution in [3.8, 4) is 0 Å². The molecule has 0 spiro atoms. The summed E-state index contributed by atoms with van der Waals surface area (Å²) >= 11 is 0. The average Bonchev–Trinajstić information content (AvgIpc) is 2.83. The first-order chi connectivity index (χ1) is 16.6. The van der Waals surface area contributed by atoms with Crippen molar-refractivity contribution in [1.29, 1.82) is 0 Å². The van der Waals surface area contributed by atoms with Gasteiger partial charge in [-0.1, -0.05) is 26.8 Å². The van der Waals surface area contributed by atoms with Crippen LogP contribution in [0.5, 0.6) is 0 Å². The van der Waals surface area contributed by atoms with Gasteiger partial charge in [0.25, 0.3) is 0 Å². The Kier molecular flexibility index (Phi) is 8.10. The number of carbonyl (C=O) groups is 2. The third-order valence-electron chi connectivity index (χ3n) is 9.92. The highest BCUT2D eigenvalue weighted by molar-refractivity contribution is 5.92. The summed E-state index contributed by atoms with van der Waals surface area (Å²) in [5.74, 6) is -1.75. The molecule has 9 nitrogen and oxygen atoms in total. The lowest BCUT2D eigenvalue weighted by atomic mass is 9.40. The van der Waals surface area contributed by atoms with E-state index in [1.165, 1.54) is 13.0 Å². The van der Waals surface area contributed by atoms with Gasteiger partial charge in [-0.3, -0.25) is 14.5 Å². The molecule has 2 saturated heterocycles. The highest BCUT2D eigenvalue weighted by Gasteiger charge is 2.81. The molecule has 0 aromatic heterocycles. The number of aliphatic hydroxyl groups is 3. The molecule has 10 heteroatoms. The summed E-state index contributed by atoms with van der Waals surface area (Å²) < 4.78 is 17.9. The summed E-state index contributed by atoms with van der Waals surface area (Å²) in [6.45, 7) is 16.5. The molecular formula is C27H44ClNO8. The van der Waals surface area contributed by atoms with Crippen molar-refractivity contribution in [3.05, 3.63) is 12.7 Å². The fourth-order valence-corrected chi connectivity index (χ4v) is 7.75. The van der Waals surface area contributed by atoms with Gasteiger partial charge >= 0.3 is 5.97 Å². The molecule has 2 aliphatic heterocycles. The highest BCUT2D eigenvalue weighted by Crippen LogP contribution is 2.67. The van der Waals surface area contributed by atoms with Gasteiger partial charge in [0.2, 0.25) is 0 Å². The Hall–Kier alpha value is -1.07. The van der Waals surface area contributed by atoms with Gasteiger partial charge in [0, 0.05) is 30.8 Å². The van der Waals surface area contributed by atoms with Crippen LogP contribution in [0.15, 0.2) is 12.7 Å². The third-order valence-corrected chi connectivity index (χ3v) is 9.92. The first kappa shape index (κ1) is 30.5. The molecule has 4 aliphatic rings. The van der Waals surface area contributed by atoms with Gasteiger partial charge in [0.1, 0.15) is 23.9 Å². The number of halogens is 1. The van der Waals surface area contributed by atoms with E-state index in [2.05, 4.69) is 6.58 Å². The highest BCUT2D eigenvalue weighted by atomic mass is 35.5. The van der Waals surface area contributed by atoms with Gasteiger partial charge in [-0.2, -0.15) is 0 Å². The monoisotopic (exact) mass is 545 g/mol. The van der Waals surface area contributed by atoms with E-state index in [1.54, 1.807) is 20.8 Å². The van der Waals surface area contributed by atoms with Crippen LogP contribution < -0.4 is 0 Å². The average molecular weight is 546 g/mol. The molecule has 212 valence electrons. The molecule has 0 radical (unpaired) electrons. The minimum Gasteiger partial charge on any atom is -0.458 e. The van der Waals surface area contributed by atoms with Crippen molar-refractivity contribution in [2.45, 2.75) is 102 Å². The number of aliphatic hydroxyl groups excluding tert-OH is 2. The zero-order valence-electron chi connectivity index (χ0n) is 22.9. The lowest BCUT2D eigenvalue weighted by Gasteiger charge is -2.71.